The number of methoxy groups -OCH3 is 1. The van der Waals surface area contributed by atoms with Crippen molar-refractivity contribution in [3.8, 4) is 5.75 Å². The lowest BCUT2D eigenvalue weighted by molar-refractivity contribution is -0.143. The average molecular weight is 338 g/mol. The van der Waals surface area contributed by atoms with Crippen LogP contribution in [0.15, 0.2) is 36.7 Å². The van der Waals surface area contributed by atoms with E-state index in [2.05, 4.69) is 5.10 Å². The second kappa shape index (κ2) is 7.99. The van der Waals surface area contributed by atoms with Gasteiger partial charge in [0.15, 0.2) is 0 Å². The quantitative estimate of drug-likeness (QED) is 0.802. The highest BCUT2D eigenvalue weighted by Crippen LogP contribution is 2.31. The van der Waals surface area contributed by atoms with Crippen LogP contribution in [0.5, 0.6) is 5.75 Å². The zero-order chi connectivity index (χ0) is 16.8. The molecular formula is C16H20ClN3O3. The molecule has 0 aliphatic rings. The van der Waals surface area contributed by atoms with Crippen LogP contribution in [0, 0.1) is 0 Å². The standard InChI is InChI=1S/C16H20ClN3O3/c1-19(8-4-10-20-9-3-7-18-20)15(16(21)22)13-11-12(17)5-6-14(13)23-2/h3,5-7,9,11,15H,4,8,10H2,1-2H3,(H,21,22). The summed E-state index contributed by atoms with van der Waals surface area (Å²) in [6.45, 7) is 1.34. The molecule has 1 atom stereocenters. The maximum Gasteiger partial charge on any atom is 0.325 e. The van der Waals surface area contributed by atoms with Gasteiger partial charge in [-0.05, 0) is 37.7 Å². The largest absolute Gasteiger partial charge is 0.496 e. The Kier molecular flexibility index (Phi) is 6.01. The van der Waals surface area contributed by atoms with Gasteiger partial charge in [0.25, 0.3) is 0 Å². The lowest BCUT2D eigenvalue weighted by Crippen LogP contribution is -2.32. The first-order valence-corrected chi connectivity index (χ1v) is 7.64. The maximum atomic E-state index is 11.8. The van der Waals surface area contributed by atoms with Gasteiger partial charge in [-0.25, -0.2) is 0 Å². The number of aryl methyl sites for hydroxylation is 1. The first kappa shape index (κ1) is 17.3. The summed E-state index contributed by atoms with van der Waals surface area (Å²) in [6, 6.07) is 6.05. The molecular weight excluding hydrogens is 318 g/mol. The monoisotopic (exact) mass is 337 g/mol. The number of aromatic nitrogens is 2. The van der Waals surface area contributed by atoms with Crippen molar-refractivity contribution >= 4 is 17.6 Å². The van der Waals surface area contributed by atoms with Crippen molar-refractivity contribution in [2.45, 2.75) is 19.0 Å². The van der Waals surface area contributed by atoms with E-state index in [4.69, 9.17) is 16.3 Å². The van der Waals surface area contributed by atoms with Crippen molar-refractivity contribution in [3.63, 3.8) is 0 Å². The van der Waals surface area contributed by atoms with E-state index in [9.17, 15) is 9.90 Å². The fraction of sp³-hybridized carbons (Fsp3) is 0.375. The van der Waals surface area contributed by atoms with E-state index in [1.165, 1.54) is 7.11 Å². The van der Waals surface area contributed by atoms with Crippen molar-refractivity contribution in [2.75, 3.05) is 20.7 Å². The Labute approximate surface area is 140 Å². The van der Waals surface area contributed by atoms with Crippen LogP contribution in [0.25, 0.3) is 0 Å². The highest BCUT2D eigenvalue weighted by atomic mass is 35.5. The molecule has 1 unspecified atom stereocenters. The van der Waals surface area contributed by atoms with Crippen molar-refractivity contribution < 1.29 is 14.6 Å². The number of carbonyl (C=O) groups is 1. The smallest absolute Gasteiger partial charge is 0.325 e. The van der Waals surface area contributed by atoms with E-state index < -0.39 is 12.0 Å². The van der Waals surface area contributed by atoms with Crippen LogP contribution >= 0.6 is 11.6 Å². The average Bonchev–Trinajstić information content (AvgIpc) is 3.00. The van der Waals surface area contributed by atoms with E-state index in [0.29, 0.717) is 22.9 Å². The maximum absolute atomic E-state index is 11.8. The topological polar surface area (TPSA) is 67.6 Å². The lowest BCUT2D eigenvalue weighted by atomic mass is 10.0. The number of halogens is 1. The molecule has 1 heterocycles. The molecule has 0 aliphatic carbocycles. The number of hydrogen-bond donors (Lipinski definition) is 1. The van der Waals surface area contributed by atoms with Gasteiger partial charge in [-0.1, -0.05) is 11.6 Å². The molecule has 0 spiro atoms. The van der Waals surface area contributed by atoms with E-state index in [1.807, 2.05) is 16.9 Å². The van der Waals surface area contributed by atoms with Crippen molar-refractivity contribution in [2.24, 2.45) is 0 Å². The van der Waals surface area contributed by atoms with Crippen molar-refractivity contribution in [1.29, 1.82) is 0 Å². The van der Waals surface area contributed by atoms with Crippen LogP contribution in [0.1, 0.15) is 18.0 Å². The third kappa shape index (κ3) is 4.46. The van der Waals surface area contributed by atoms with Crippen LogP contribution in [0.3, 0.4) is 0 Å². The minimum Gasteiger partial charge on any atom is -0.496 e. The Morgan fingerprint density at radius 2 is 2.30 bits per heavy atom. The van der Waals surface area contributed by atoms with E-state index in [1.54, 1.807) is 36.3 Å². The van der Waals surface area contributed by atoms with E-state index in [-0.39, 0.29) is 0 Å². The second-order valence-electron chi connectivity index (χ2n) is 5.23. The molecule has 23 heavy (non-hydrogen) atoms. The molecule has 1 aromatic heterocycles. The SMILES string of the molecule is COc1ccc(Cl)cc1C(C(=O)O)N(C)CCCn1cccn1. The molecule has 1 N–H and O–H groups in total. The summed E-state index contributed by atoms with van der Waals surface area (Å²) in [4.78, 5) is 13.5. The van der Waals surface area contributed by atoms with Gasteiger partial charge in [0.2, 0.25) is 0 Å². The summed E-state index contributed by atoms with van der Waals surface area (Å²) < 4.78 is 7.11. The summed E-state index contributed by atoms with van der Waals surface area (Å²) in [6.07, 6.45) is 4.39. The Morgan fingerprint density at radius 3 is 2.91 bits per heavy atom. The molecule has 0 amide bonds. The third-order valence-electron chi connectivity index (χ3n) is 3.62. The Morgan fingerprint density at radius 1 is 1.52 bits per heavy atom. The van der Waals surface area contributed by atoms with Gasteiger partial charge < -0.3 is 9.84 Å². The van der Waals surface area contributed by atoms with Gasteiger partial charge in [-0.15, -0.1) is 0 Å². The van der Waals surface area contributed by atoms with Crippen LogP contribution in [-0.4, -0.2) is 46.5 Å². The Hall–Kier alpha value is -2.05. The Bertz CT molecular complexity index is 646. The van der Waals surface area contributed by atoms with Gasteiger partial charge in [-0.3, -0.25) is 14.4 Å². The van der Waals surface area contributed by atoms with Crippen LogP contribution < -0.4 is 4.74 Å². The minimum atomic E-state index is -0.938. The first-order chi connectivity index (χ1) is 11.0. The number of hydrogen-bond acceptors (Lipinski definition) is 4. The molecule has 6 nitrogen and oxygen atoms in total. The van der Waals surface area contributed by atoms with Gasteiger partial charge in [-0.2, -0.15) is 5.10 Å². The summed E-state index contributed by atoms with van der Waals surface area (Å²) in [7, 11) is 3.30. The number of nitrogens with zero attached hydrogens (tertiary/aromatic N) is 3. The summed E-state index contributed by atoms with van der Waals surface area (Å²) in [5.41, 5.74) is 0.550. The molecule has 0 bridgehead atoms. The normalized spacial score (nSPS) is 12.3. The first-order valence-electron chi connectivity index (χ1n) is 7.27. The van der Waals surface area contributed by atoms with Gasteiger partial charge >= 0.3 is 5.97 Å². The number of ether oxygens (including phenoxy) is 1. The Balaban J connectivity index is 2.11. The van der Waals surface area contributed by atoms with Crippen molar-refractivity contribution in [3.05, 3.63) is 47.2 Å². The molecule has 0 radical (unpaired) electrons. The molecule has 0 aliphatic heterocycles. The number of likely N-dealkylation sites (N-methyl/N-ethyl adjacent to an activating group) is 1. The molecule has 2 aromatic rings. The predicted octanol–water partition coefficient (Wildman–Crippen LogP) is 2.69. The summed E-state index contributed by atoms with van der Waals surface area (Å²) in [5, 5.41) is 14.3. The molecule has 2 rings (SSSR count). The van der Waals surface area contributed by atoms with E-state index in [0.717, 1.165) is 13.0 Å². The van der Waals surface area contributed by atoms with Crippen molar-refractivity contribution in [1.82, 2.24) is 14.7 Å². The zero-order valence-corrected chi connectivity index (χ0v) is 13.9. The number of carboxylic acid groups (broad SMARTS) is 1. The molecule has 1 aromatic carbocycles. The predicted molar refractivity (Wildman–Crippen MR) is 87.9 cm³/mol. The van der Waals surface area contributed by atoms with Gasteiger partial charge in [0.05, 0.1) is 7.11 Å². The fourth-order valence-electron chi connectivity index (χ4n) is 2.52. The zero-order valence-electron chi connectivity index (χ0n) is 13.1. The number of aliphatic carboxylic acids is 1. The number of benzene rings is 1. The number of carboxylic acids is 1. The highest BCUT2D eigenvalue weighted by Gasteiger charge is 2.27. The third-order valence-corrected chi connectivity index (χ3v) is 3.85. The highest BCUT2D eigenvalue weighted by molar-refractivity contribution is 6.30. The van der Waals surface area contributed by atoms with Crippen LogP contribution in [0.4, 0.5) is 0 Å². The van der Waals surface area contributed by atoms with Crippen LogP contribution in [-0.2, 0) is 11.3 Å². The summed E-state index contributed by atoms with van der Waals surface area (Å²) in [5.74, 6) is -0.423. The molecule has 0 saturated carbocycles. The minimum absolute atomic E-state index is 0.483. The van der Waals surface area contributed by atoms with Gasteiger partial charge in [0.1, 0.15) is 11.8 Å². The second-order valence-corrected chi connectivity index (χ2v) is 5.67. The molecule has 0 saturated heterocycles. The fourth-order valence-corrected chi connectivity index (χ4v) is 2.70. The van der Waals surface area contributed by atoms with E-state index >= 15 is 0 Å². The lowest BCUT2D eigenvalue weighted by Gasteiger charge is -2.26. The molecule has 0 fully saturated rings. The van der Waals surface area contributed by atoms with Crippen LogP contribution in [0.2, 0.25) is 5.02 Å². The van der Waals surface area contributed by atoms with Gasteiger partial charge in [0, 0.05) is 36.1 Å². The summed E-state index contributed by atoms with van der Waals surface area (Å²) >= 11 is 6.02. The molecule has 124 valence electrons. The number of rotatable bonds is 8. The molecule has 7 heteroatoms.